The maximum Gasteiger partial charge on any atom is 0.321 e. The van der Waals surface area contributed by atoms with Crippen molar-refractivity contribution in [2.75, 3.05) is 6.54 Å². The maximum atomic E-state index is 10.2. The average molecular weight is 334 g/mol. The number of carbonyl (C=O) groups is 2. The molecule has 7 N–H and O–H groups in total. The van der Waals surface area contributed by atoms with Crippen molar-refractivity contribution < 1.29 is 14.7 Å². The van der Waals surface area contributed by atoms with Crippen LogP contribution < -0.4 is 17.2 Å². The minimum atomic E-state index is -1.05. The number of aliphatic carboxylic acids is 1. The molecule has 1 aromatic carbocycles. The Morgan fingerprint density at radius 3 is 2.21 bits per heavy atom. The lowest BCUT2D eigenvalue weighted by molar-refractivity contribution is -0.138. The number of hydrogen-bond acceptors (Lipinski definition) is 6. The lowest BCUT2D eigenvalue weighted by atomic mass is 9.97. The number of nitrogens with zero attached hydrogens (tertiary/aromatic N) is 1. The summed E-state index contributed by atoms with van der Waals surface area (Å²) in [7, 11) is 0. The SMILES string of the molecule is N#Cc1ccccc1C=O.NC1CCCCC1.NC[C@H](N)C(=O)O. The van der Waals surface area contributed by atoms with E-state index in [2.05, 4.69) is 0 Å². The van der Waals surface area contributed by atoms with Gasteiger partial charge in [-0.05, 0) is 18.9 Å². The summed E-state index contributed by atoms with van der Waals surface area (Å²) in [5, 5.41) is 16.4. The fourth-order valence-electron chi connectivity index (χ4n) is 1.94. The Morgan fingerprint density at radius 2 is 1.92 bits per heavy atom. The van der Waals surface area contributed by atoms with Crippen LogP contribution in [-0.4, -0.2) is 36.0 Å². The molecule has 7 nitrogen and oxygen atoms in total. The minimum absolute atomic E-state index is 0.00463. The first kappa shape index (κ1) is 21.7. The molecule has 132 valence electrons. The van der Waals surface area contributed by atoms with Crippen LogP contribution in [0.4, 0.5) is 0 Å². The predicted octanol–water partition coefficient (Wildman–Crippen LogP) is 1.01. The van der Waals surface area contributed by atoms with Crippen LogP contribution in [0.2, 0.25) is 0 Å². The van der Waals surface area contributed by atoms with Gasteiger partial charge >= 0.3 is 5.97 Å². The van der Waals surface area contributed by atoms with Gasteiger partial charge in [0.15, 0.2) is 6.29 Å². The fourth-order valence-corrected chi connectivity index (χ4v) is 1.94. The fraction of sp³-hybridized carbons (Fsp3) is 0.471. The molecule has 0 unspecified atom stereocenters. The Labute approximate surface area is 142 Å². The highest BCUT2D eigenvalue weighted by molar-refractivity contribution is 5.78. The van der Waals surface area contributed by atoms with Gasteiger partial charge in [0.1, 0.15) is 6.04 Å². The second kappa shape index (κ2) is 13.2. The van der Waals surface area contributed by atoms with Gasteiger partial charge in [0.05, 0.1) is 11.6 Å². The van der Waals surface area contributed by atoms with Gasteiger partial charge in [0, 0.05) is 18.2 Å². The van der Waals surface area contributed by atoms with Gasteiger partial charge in [-0.15, -0.1) is 0 Å². The Hall–Kier alpha value is -2.27. The van der Waals surface area contributed by atoms with Crippen molar-refractivity contribution in [2.45, 2.75) is 44.2 Å². The average Bonchev–Trinajstić information content (AvgIpc) is 2.62. The number of rotatable bonds is 3. The van der Waals surface area contributed by atoms with E-state index in [0.717, 1.165) is 0 Å². The Kier molecular flexibility index (Phi) is 11.9. The van der Waals surface area contributed by atoms with E-state index in [9.17, 15) is 9.59 Å². The zero-order valence-corrected chi connectivity index (χ0v) is 13.7. The summed E-state index contributed by atoms with van der Waals surface area (Å²) >= 11 is 0. The number of benzene rings is 1. The molecule has 0 saturated heterocycles. The third kappa shape index (κ3) is 9.69. The van der Waals surface area contributed by atoms with Crippen LogP contribution in [0.5, 0.6) is 0 Å². The van der Waals surface area contributed by atoms with Crippen molar-refractivity contribution in [2.24, 2.45) is 17.2 Å². The summed E-state index contributed by atoms with van der Waals surface area (Å²) in [6, 6.07) is 8.23. The molecule has 1 aliphatic rings. The molecule has 7 heteroatoms. The van der Waals surface area contributed by atoms with Gasteiger partial charge in [-0.2, -0.15) is 5.26 Å². The van der Waals surface area contributed by atoms with Crippen LogP contribution in [0, 0.1) is 11.3 Å². The Morgan fingerprint density at radius 1 is 1.33 bits per heavy atom. The highest BCUT2D eigenvalue weighted by atomic mass is 16.4. The van der Waals surface area contributed by atoms with Crippen molar-refractivity contribution >= 4 is 12.3 Å². The lowest BCUT2D eigenvalue weighted by Gasteiger charge is -2.15. The van der Waals surface area contributed by atoms with E-state index < -0.39 is 12.0 Å². The highest BCUT2D eigenvalue weighted by Crippen LogP contribution is 2.14. The van der Waals surface area contributed by atoms with Crippen LogP contribution in [0.1, 0.15) is 48.0 Å². The first-order chi connectivity index (χ1) is 11.5. The molecule has 0 heterocycles. The predicted molar refractivity (Wildman–Crippen MR) is 92.3 cm³/mol. The summed E-state index contributed by atoms with van der Waals surface area (Å²) in [6.07, 6.45) is 7.34. The monoisotopic (exact) mass is 334 g/mol. The first-order valence-electron chi connectivity index (χ1n) is 7.84. The second-order valence-electron chi connectivity index (χ2n) is 5.40. The van der Waals surface area contributed by atoms with Crippen molar-refractivity contribution in [3.8, 4) is 6.07 Å². The number of aldehydes is 1. The van der Waals surface area contributed by atoms with Crippen molar-refractivity contribution in [3.63, 3.8) is 0 Å². The molecule has 1 aliphatic carbocycles. The summed E-state index contributed by atoms with van der Waals surface area (Å²) < 4.78 is 0. The molecule has 0 amide bonds. The zero-order valence-electron chi connectivity index (χ0n) is 13.7. The van der Waals surface area contributed by atoms with E-state index in [1.54, 1.807) is 24.3 Å². The summed E-state index contributed by atoms with van der Waals surface area (Å²) in [5.74, 6) is -1.05. The standard InChI is InChI=1S/C8H5NO.C6H13N.C3H8N2O2/c9-5-7-3-1-2-4-8(7)6-10;7-6-4-2-1-3-5-6;4-1-2(5)3(6)7/h1-4,6H;6H,1-5,7H2;2H,1,4-5H2,(H,6,7)/t;;2-/m..0/s1. The first-order valence-corrected chi connectivity index (χ1v) is 7.84. The van der Waals surface area contributed by atoms with E-state index in [-0.39, 0.29) is 6.54 Å². The van der Waals surface area contributed by atoms with E-state index in [1.807, 2.05) is 6.07 Å². The van der Waals surface area contributed by atoms with E-state index in [1.165, 1.54) is 32.1 Å². The Bertz CT molecular complexity index is 537. The van der Waals surface area contributed by atoms with Crippen LogP contribution in [-0.2, 0) is 4.79 Å². The van der Waals surface area contributed by atoms with Gasteiger partial charge in [-0.1, -0.05) is 37.5 Å². The number of hydrogen-bond donors (Lipinski definition) is 4. The summed E-state index contributed by atoms with van der Waals surface area (Å²) in [6.45, 7) is -0.00463. The molecular formula is C17H26N4O3. The van der Waals surface area contributed by atoms with Gasteiger partial charge in [0.25, 0.3) is 0 Å². The highest BCUT2D eigenvalue weighted by Gasteiger charge is 2.06. The molecule has 1 fully saturated rings. The van der Waals surface area contributed by atoms with Gasteiger partial charge in [-0.25, -0.2) is 0 Å². The molecule has 0 spiro atoms. The molecular weight excluding hydrogens is 308 g/mol. The van der Waals surface area contributed by atoms with Crippen LogP contribution in [0.25, 0.3) is 0 Å². The molecule has 0 radical (unpaired) electrons. The number of nitriles is 1. The van der Waals surface area contributed by atoms with Crippen molar-refractivity contribution in [1.82, 2.24) is 0 Å². The normalized spacial score (nSPS) is 14.8. The van der Waals surface area contributed by atoms with Crippen LogP contribution >= 0.6 is 0 Å². The van der Waals surface area contributed by atoms with E-state index in [4.69, 9.17) is 27.6 Å². The molecule has 1 atom stereocenters. The largest absolute Gasteiger partial charge is 0.480 e. The minimum Gasteiger partial charge on any atom is -0.480 e. The van der Waals surface area contributed by atoms with E-state index >= 15 is 0 Å². The lowest BCUT2D eigenvalue weighted by Crippen LogP contribution is -2.37. The van der Waals surface area contributed by atoms with Gasteiger partial charge < -0.3 is 22.3 Å². The number of nitrogens with two attached hydrogens (primary N) is 3. The third-order valence-electron chi connectivity index (χ3n) is 3.43. The van der Waals surface area contributed by atoms with Crippen LogP contribution in [0.3, 0.4) is 0 Å². The van der Waals surface area contributed by atoms with Crippen molar-refractivity contribution in [3.05, 3.63) is 35.4 Å². The molecule has 1 aromatic rings. The quantitative estimate of drug-likeness (QED) is 0.601. The van der Waals surface area contributed by atoms with Gasteiger partial charge in [0.2, 0.25) is 0 Å². The molecule has 0 aromatic heterocycles. The molecule has 24 heavy (non-hydrogen) atoms. The molecule has 2 rings (SSSR count). The van der Waals surface area contributed by atoms with E-state index in [0.29, 0.717) is 23.5 Å². The number of carboxylic acids is 1. The maximum absolute atomic E-state index is 10.2. The zero-order chi connectivity index (χ0) is 18.4. The smallest absolute Gasteiger partial charge is 0.321 e. The third-order valence-corrected chi connectivity index (χ3v) is 3.43. The Balaban J connectivity index is 0.000000340. The molecule has 0 bridgehead atoms. The van der Waals surface area contributed by atoms with Gasteiger partial charge in [-0.3, -0.25) is 9.59 Å². The number of carbonyl (C=O) groups excluding carboxylic acids is 1. The topological polar surface area (TPSA) is 156 Å². The summed E-state index contributed by atoms with van der Waals surface area (Å²) in [4.78, 5) is 20.0. The molecule has 1 saturated carbocycles. The van der Waals surface area contributed by atoms with Crippen LogP contribution in [0.15, 0.2) is 24.3 Å². The summed E-state index contributed by atoms with van der Waals surface area (Å²) in [5.41, 5.74) is 16.3. The second-order valence-corrected chi connectivity index (χ2v) is 5.40. The molecule has 0 aliphatic heterocycles. The number of carboxylic acid groups (broad SMARTS) is 1. The van der Waals surface area contributed by atoms with Crippen molar-refractivity contribution in [1.29, 1.82) is 5.26 Å².